The summed E-state index contributed by atoms with van der Waals surface area (Å²) in [6.07, 6.45) is 4.52. The first kappa shape index (κ1) is 15.7. The van der Waals surface area contributed by atoms with Gasteiger partial charge in [0.15, 0.2) is 0 Å². The second kappa shape index (κ2) is 7.37. The standard InChI is InChI=1S/C17H21N3O3/c1-12-19-20-17(23-12)15-8-3-2-7-14(15)16(21)18-10-9-13-6-4-5-11-22-13/h2-3,7-8,13H,4-6,9-11H2,1H3,(H,18,21)/t13-/m1/s1. The van der Waals surface area contributed by atoms with Crippen molar-refractivity contribution in [1.82, 2.24) is 15.5 Å². The van der Waals surface area contributed by atoms with Crippen LogP contribution in [-0.2, 0) is 4.74 Å². The summed E-state index contributed by atoms with van der Waals surface area (Å²) in [7, 11) is 0. The molecule has 122 valence electrons. The lowest BCUT2D eigenvalue weighted by Gasteiger charge is -2.22. The van der Waals surface area contributed by atoms with Gasteiger partial charge in [-0.3, -0.25) is 4.79 Å². The van der Waals surface area contributed by atoms with Gasteiger partial charge in [-0.1, -0.05) is 12.1 Å². The minimum absolute atomic E-state index is 0.132. The third-order valence-corrected chi connectivity index (χ3v) is 3.95. The molecule has 1 aromatic heterocycles. The van der Waals surface area contributed by atoms with E-state index in [1.165, 1.54) is 6.42 Å². The Morgan fingerprint density at radius 2 is 2.17 bits per heavy atom. The summed E-state index contributed by atoms with van der Waals surface area (Å²) < 4.78 is 11.1. The number of carbonyl (C=O) groups is 1. The third kappa shape index (κ3) is 3.96. The summed E-state index contributed by atoms with van der Waals surface area (Å²) in [5, 5.41) is 10.8. The van der Waals surface area contributed by atoms with Crippen LogP contribution in [0.1, 0.15) is 41.9 Å². The second-order valence-electron chi connectivity index (χ2n) is 5.70. The number of nitrogens with one attached hydrogen (secondary N) is 1. The zero-order valence-corrected chi connectivity index (χ0v) is 13.2. The highest BCUT2D eigenvalue weighted by atomic mass is 16.5. The summed E-state index contributed by atoms with van der Waals surface area (Å²) in [5.41, 5.74) is 1.19. The van der Waals surface area contributed by atoms with Crippen LogP contribution >= 0.6 is 0 Å². The Hall–Kier alpha value is -2.21. The van der Waals surface area contributed by atoms with Gasteiger partial charge in [0.2, 0.25) is 11.8 Å². The van der Waals surface area contributed by atoms with E-state index >= 15 is 0 Å². The highest BCUT2D eigenvalue weighted by molar-refractivity contribution is 5.99. The first-order valence-electron chi connectivity index (χ1n) is 8.03. The highest BCUT2D eigenvalue weighted by Crippen LogP contribution is 2.22. The Morgan fingerprint density at radius 1 is 1.30 bits per heavy atom. The molecule has 23 heavy (non-hydrogen) atoms. The number of aryl methyl sites for hydroxylation is 1. The Balaban J connectivity index is 1.63. The molecule has 0 spiro atoms. The van der Waals surface area contributed by atoms with Crippen LogP contribution in [0.15, 0.2) is 28.7 Å². The van der Waals surface area contributed by atoms with Gasteiger partial charge in [-0.05, 0) is 37.8 Å². The summed E-state index contributed by atoms with van der Waals surface area (Å²) in [4.78, 5) is 12.4. The number of benzene rings is 1. The molecule has 2 heterocycles. The van der Waals surface area contributed by atoms with Gasteiger partial charge in [-0.25, -0.2) is 0 Å². The van der Waals surface area contributed by atoms with E-state index in [9.17, 15) is 4.79 Å². The number of nitrogens with zero attached hydrogens (tertiary/aromatic N) is 2. The van der Waals surface area contributed by atoms with Crippen LogP contribution in [0, 0.1) is 6.92 Å². The third-order valence-electron chi connectivity index (χ3n) is 3.95. The minimum atomic E-state index is -0.132. The molecule has 0 radical (unpaired) electrons. The molecule has 1 saturated heterocycles. The molecule has 0 saturated carbocycles. The molecular weight excluding hydrogens is 294 g/mol. The molecule has 6 nitrogen and oxygen atoms in total. The van der Waals surface area contributed by atoms with Gasteiger partial charge >= 0.3 is 0 Å². The average molecular weight is 315 g/mol. The number of aromatic nitrogens is 2. The zero-order chi connectivity index (χ0) is 16.1. The van der Waals surface area contributed by atoms with Crippen molar-refractivity contribution < 1.29 is 13.9 Å². The van der Waals surface area contributed by atoms with Crippen molar-refractivity contribution in [1.29, 1.82) is 0 Å². The molecule has 2 aromatic rings. The van der Waals surface area contributed by atoms with Crippen LogP contribution in [0.25, 0.3) is 11.5 Å². The molecule has 6 heteroatoms. The Labute approximate surface area is 135 Å². The fraction of sp³-hybridized carbons (Fsp3) is 0.471. The maximum absolute atomic E-state index is 12.4. The van der Waals surface area contributed by atoms with E-state index in [2.05, 4.69) is 15.5 Å². The lowest BCUT2D eigenvalue weighted by Crippen LogP contribution is -2.29. The van der Waals surface area contributed by atoms with E-state index in [1.807, 2.05) is 18.2 Å². The molecule has 1 fully saturated rings. The van der Waals surface area contributed by atoms with E-state index in [1.54, 1.807) is 13.0 Å². The summed E-state index contributed by atoms with van der Waals surface area (Å²) in [5.74, 6) is 0.709. The van der Waals surface area contributed by atoms with E-state index in [0.29, 0.717) is 29.5 Å². The Morgan fingerprint density at radius 3 is 2.91 bits per heavy atom. The van der Waals surface area contributed by atoms with Crippen molar-refractivity contribution in [2.75, 3.05) is 13.2 Å². The van der Waals surface area contributed by atoms with Crippen LogP contribution in [0.4, 0.5) is 0 Å². The summed E-state index contributed by atoms with van der Waals surface area (Å²) >= 11 is 0. The fourth-order valence-electron chi connectivity index (χ4n) is 2.75. The maximum atomic E-state index is 12.4. The smallest absolute Gasteiger partial charge is 0.252 e. The number of amides is 1. The van der Waals surface area contributed by atoms with E-state index in [-0.39, 0.29) is 12.0 Å². The number of rotatable bonds is 5. The van der Waals surface area contributed by atoms with E-state index < -0.39 is 0 Å². The number of ether oxygens (including phenoxy) is 1. The van der Waals surface area contributed by atoms with Gasteiger partial charge in [0, 0.05) is 20.1 Å². The molecule has 1 aliphatic heterocycles. The SMILES string of the molecule is Cc1nnc(-c2ccccc2C(=O)NCC[C@H]2CCCCO2)o1. The van der Waals surface area contributed by atoms with Crippen molar-refractivity contribution in [3.05, 3.63) is 35.7 Å². The minimum Gasteiger partial charge on any atom is -0.421 e. The first-order valence-corrected chi connectivity index (χ1v) is 8.03. The lowest BCUT2D eigenvalue weighted by molar-refractivity contribution is 0.0117. The van der Waals surface area contributed by atoms with E-state index in [4.69, 9.17) is 9.15 Å². The molecule has 1 amide bonds. The molecule has 1 atom stereocenters. The van der Waals surface area contributed by atoms with Gasteiger partial charge in [0.25, 0.3) is 5.91 Å². The average Bonchev–Trinajstić information content (AvgIpc) is 3.02. The monoisotopic (exact) mass is 315 g/mol. The van der Waals surface area contributed by atoms with Crippen LogP contribution in [-0.4, -0.2) is 35.4 Å². The first-order chi connectivity index (χ1) is 11.2. The highest BCUT2D eigenvalue weighted by Gasteiger charge is 2.17. The predicted molar refractivity (Wildman–Crippen MR) is 85.0 cm³/mol. The summed E-state index contributed by atoms with van der Waals surface area (Å²) in [6.45, 7) is 3.15. The second-order valence-corrected chi connectivity index (χ2v) is 5.70. The molecule has 3 rings (SSSR count). The Kier molecular flexibility index (Phi) is 5.02. The van der Waals surface area contributed by atoms with Crippen LogP contribution in [0.5, 0.6) is 0 Å². The van der Waals surface area contributed by atoms with Gasteiger partial charge in [-0.2, -0.15) is 0 Å². The van der Waals surface area contributed by atoms with Gasteiger partial charge < -0.3 is 14.5 Å². The van der Waals surface area contributed by atoms with Gasteiger partial charge in [0.1, 0.15) is 0 Å². The molecule has 1 aromatic carbocycles. The zero-order valence-electron chi connectivity index (χ0n) is 13.2. The van der Waals surface area contributed by atoms with Crippen LogP contribution in [0.3, 0.4) is 0 Å². The quantitative estimate of drug-likeness (QED) is 0.918. The van der Waals surface area contributed by atoms with E-state index in [0.717, 1.165) is 25.9 Å². The topological polar surface area (TPSA) is 77.2 Å². The largest absolute Gasteiger partial charge is 0.421 e. The predicted octanol–water partition coefficient (Wildman–Crippen LogP) is 2.73. The van der Waals surface area contributed by atoms with Crippen molar-refractivity contribution in [2.24, 2.45) is 0 Å². The van der Waals surface area contributed by atoms with Crippen molar-refractivity contribution >= 4 is 5.91 Å². The van der Waals surface area contributed by atoms with Crippen molar-refractivity contribution in [3.63, 3.8) is 0 Å². The molecule has 0 bridgehead atoms. The number of hydrogen-bond donors (Lipinski definition) is 1. The molecule has 1 aliphatic rings. The van der Waals surface area contributed by atoms with Crippen molar-refractivity contribution in [2.45, 2.75) is 38.7 Å². The van der Waals surface area contributed by atoms with Gasteiger partial charge in [-0.15, -0.1) is 10.2 Å². The molecular formula is C17H21N3O3. The van der Waals surface area contributed by atoms with Crippen LogP contribution in [0.2, 0.25) is 0 Å². The number of hydrogen-bond acceptors (Lipinski definition) is 5. The normalized spacial score (nSPS) is 17.9. The fourth-order valence-corrected chi connectivity index (χ4v) is 2.75. The van der Waals surface area contributed by atoms with Crippen molar-refractivity contribution in [3.8, 4) is 11.5 Å². The van der Waals surface area contributed by atoms with Crippen LogP contribution < -0.4 is 5.32 Å². The molecule has 1 N–H and O–H groups in total. The molecule has 0 unspecified atom stereocenters. The maximum Gasteiger partial charge on any atom is 0.252 e. The van der Waals surface area contributed by atoms with Gasteiger partial charge in [0.05, 0.1) is 17.2 Å². The lowest BCUT2D eigenvalue weighted by atomic mass is 10.1. The Bertz CT molecular complexity index is 663. The number of carbonyl (C=O) groups excluding carboxylic acids is 1. The molecule has 0 aliphatic carbocycles. The summed E-state index contributed by atoms with van der Waals surface area (Å²) in [6, 6.07) is 7.25.